The molecule has 14 aromatic rings. The summed E-state index contributed by atoms with van der Waals surface area (Å²) in [6.45, 7) is 0. The van der Waals surface area contributed by atoms with Crippen LogP contribution in [0.2, 0.25) is 0 Å². The molecule has 0 N–H and O–H groups in total. The summed E-state index contributed by atoms with van der Waals surface area (Å²) in [4.78, 5) is 20.2. The van der Waals surface area contributed by atoms with E-state index in [1.807, 2.05) is 24.5 Å². The van der Waals surface area contributed by atoms with Crippen molar-refractivity contribution in [3.05, 3.63) is 267 Å². The summed E-state index contributed by atoms with van der Waals surface area (Å²) in [5.74, 6) is 0. The summed E-state index contributed by atoms with van der Waals surface area (Å²) in [5, 5.41) is 9.27. The molecule has 0 aliphatic carbocycles. The molecule has 4 heterocycles. The minimum atomic E-state index is 0.904. The Bertz CT molecular complexity index is 4030. The molecule has 0 saturated heterocycles. The van der Waals surface area contributed by atoms with Gasteiger partial charge >= 0.3 is 0 Å². The maximum Gasteiger partial charge on any atom is 0.0978 e. The average molecular weight is 917 g/mol. The van der Waals surface area contributed by atoms with Gasteiger partial charge in [-0.15, -0.1) is 0 Å². The summed E-state index contributed by atoms with van der Waals surface area (Å²) in [7, 11) is 0. The van der Waals surface area contributed by atoms with E-state index in [4.69, 9.17) is 9.97 Å². The minimum absolute atomic E-state index is 0.904. The highest BCUT2D eigenvalue weighted by atomic mass is 14.8. The van der Waals surface area contributed by atoms with Crippen molar-refractivity contribution in [3.8, 4) is 67.0 Å². The first kappa shape index (κ1) is 42.5. The van der Waals surface area contributed by atoms with Crippen LogP contribution < -0.4 is 0 Å². The Morgan fingerprint density at radius 2 is 0.528 bits per heavy atom. The summed E-state index contributed by atoms with van der Waals surface area (Å²) in [6, 6.07) is 89.7. The minimum Gasteiger partial charge on any atom is -0.254 e. The van der Waals surface area contributed by atoms with Gasteiger partial charge in [0.1, 0.15) is 0 Å². The molecule has 4 aromatic heterocycles. The highest BCUT2D eigenvalue weighted by Gasteiger charge is 2.18. The van der Waals surface area contributed by atoms with Crippen LogP contribution in [-0.2, 0) is 0 Å². The molecule has 0 aliphatic rings. The van der Waals surface area contributed by atoms with Gasteiger partial charge in [-0.05, 0) is 102 Å². The van der Waals surface area contributed by atoms with Crippen molar-refractivity contribution in [1.82, 2.24) is 19.9 Å². The zero-order valence-corrected chi connectivity index (χ0v) is 39.2. The van der Waals surface area contributed by atoms with Crippen molar-refractivity contribution < 1.29 is 0 Å². The Morgan fingerprint density at radius 3 is 0.903 bits per heavy atom. The molecule has 10 aromatic carbocycles. The first-order valence-corrected chi connectivity index (χ1v) is 24.4. The van der Waals surface area contributed by atoms with Crippen molar-refractivity contribution in [1.29, 1.82) is 0 Å². The topological polar surface area (TPSA) is 51.6 Å². The first-order chi connectivity index (χ1) is 35.7. The van der Waals surface area contributed by atoms with Crippen LogP contribution >= 0.6 is 0 Å². The van der Waals surface area contributed by atoms with E-state index in [0.29, 0.717) is 0 Å². The number of pyridine rings is 4. The fourth-order valence-corrected chi connectivity index (χ4v) is 10.2. The van der Waals surface area contributed by atoms with Gasteiger partial charge in [0.25, 0.3) is 0 Å². The lowest BCUT2D eigenvalue weighted by atomic mass is 9.93. The predicted octanol–water partition coefficient (Wildman–Crippen LogP) is 17.9. The van der Waals surface area contributed by atoms with Crippen molar-refractivity contribution >= 4 is 65.2 Å². The monoisotopic (exact) mass is 916 g/mol. The molecule has 0 atom stereocenters. The predicted molar refractivity (Wildman–Crippen MR) is 302 cm³/mol. The van der Waals surface area contributed by atoms with Crippen LogP contribution in [-0.4, -0.2) is 19.9 Å². The molecule has 4 nitrogen and oxygen atoms in total. The van der Waals surface area contributed by atoms with Gasteiger partial charge < -0.3 is 0 Å². The van der Waals surface area contributed by atoms with Gasteiger partial charge in [0.2, 0.25) is 0 Å². The number of hydrogen-bond donors (Lipinski definition) is 0. The fourth-order valence-electron chi connectivity index (χ4n) is 10.2. The third-order valence-corrected chi connectivity index (χ3v) is 13.8. The smallest absolute Gasteiger partial charge is 0.0978 e. The summed E-state index contributed by atoms with van der Waals surface area (Å²) < 4.78 is 0. The second kappa shape index (κ2) is 18.4. The van der Waals surface area contributed by atoms with E-state index in [9.17, 15) is 0 Å². The Hall–Kier alpha value is -9.64. The maximum absolute atomic E-state index is 5.42. The summed E-state index contributed by atoms with van der Waals surface area (Å²) >= 11 is 0. The molecular weight excluding hydrogens is 873 g/mol. The van der Waals surface area contributed by atoms with Gasteiger partial charge in [0.05, 0.1) is 33.5 Å². The van der Waals surface area contributed by atoms with Gasteiger partial charge in [0, 0.05) is 45.1 Å². The number of benzene rings is 10. The van der Waals surface area contributed by atoms with Crippen LogP contribution in [0.1, 0.15) is 0 Å². The molecule has 0 amide bonds. The van der Waals surface area contributed by atoms with Crippen molar-refractivity contribution in [2.75, 3.05) is 0 Å². The van der Waals surface area contributed by atoms with Crippen molar-refractivity contribution in [3.63, 3.8) is 0 Å². The quantitative estimate of drug-likeness (QED) is 0.156. The number of aromatic nitrogens is 4. The molecule has 0 saturated carbocycles. The maximum atomic E-state index is 5.42. The largest absolute Gasteiger partial charge is 0.254 e. The van der Waals surface area contributed by atoms with Gasteiger partial charge in [-0.1, -0.05) is 218 Å². The van der Waals surface area contributed by atoms with E-state index in [0.717, 1.165) is 88.4 Å². The third-order valence-electron chi connectivity index (χ3n) is 13.8. The highest BCUT2D eigenvalue weighted by molar-refractivity contribution is 6.14. The van der Waals surface area contributed by atoms with Crippen LogP contribution in [0, 0.1) is 0 Å². The first-order valence-electron chi connectivity index (χ1n) is 24.4. The van der Waals surface area contributed by atoms with Gasteiger partial charge in [-0.2, -0.15) is 0 Å². The van der Waals surface area contributed by atoms with Crippen LogP contribution in [0.4, 0.5) is 0 Å². The lowest BCUT2D eigenvalue weighted by molar-refractivity contribution is 1.37. The molecule has 14 rings (SSSR count). The SMILES string of the molecule is c1ccc(-c2cc(-c3ccc4ccccc4c3)nc3c2ccc2c(-c4ccccc4)cc(-c4ccc5ccccc5c4)nc23)cc1.c1ccc(-c2ccnc3c2ccc2c(-c4ccccc4)ccnc23)cc1. The lowest BCUT2D eigenvalue weighted by Gasteiger charge is -2.16. The summed E-state index contributed by atoms with van der Waals surface area (Å²) in [5.41, 5.74) is 17.1. The summed E-state index contributed by atoms with van der Waals surface area (Å²) in [6.07, 6.45) is 3.75. The molecule has 0 fully saturated rings. The standard InChI is InChI=1S/C44H28N2.C24H16N2/c1-3-13-31(14-4-1)39-27-41(35-21-19-29-11-7-9-17-33(29)25-35)45-43-37(39)23-24-38-40(32-15-5-2-6-16-32)28-42(46-44(38)43)36-22-20-30-12-8-10-18-34(30)26-36;1-3-7-17(8-4-1)19-13-15-25-23-21(19)11-12-22-20(14-16-26-24(22)23)18-9-5-2-6-10-18/h1-28H;1-16H. The molecule has 336 valence electrons. The molecule has 4 heteroatoms. The molecule has 0 unspecified atom stereocenters. The Balaban J connectivity index is 0.000000164. The number of hydrogen-bond acceptors (Lipinski definition) is 4. The second-order valence-corrected chi connectivity index (χ2v) is 18.1. The zero-order valence-electron chi connectivity index (χ0n) is 39.2. The van der Waals surface area contributed by atoms with E-state index in [1.165, 1.54) is 43.8 Å². The number of nitrogens with zero attached hydrogens (tertiary/aromatic N) is 4. The van der Waals surface area contributed by atoms with E-state index in [-0.39, 0.29) is 0 Å². The Morgan fingerprint density at radius 1 is 0.208 bits per heavy atom. The van der Waals surface area contributed by atoms with Crippen LogP contribution in [0.5, 0.6) is 0 Å². The Labute approximate surface area is 417 Å². The number of rotatable bonds is 6. The van der Waals surface area contributed by atoms with Gasteiger partial charge in [-0.25, -0.2) is 9.97 Å². The van der Waals surface area contributed by atoms with Gasteiger partial charge in [-0.3, -0.25) is 9.97 Å². The Kier molecular flexibility index (Phi) is 10.8. The second-order valence-electron chi connectivity index (χ2n) is 18.1. The molecule has 72 heavy (non-hydrogen) atoms. The molecule has 0 aliphatic heterocycles. The normalized spacial score (nSPS) is 11.3. The molecular formula is C68H44N4. The van der Waals surface area contributed by atoms with Crippen LogP contribution in [0.15, 0.2) is 267 Å². The number of fused-ring (bicyclic) bond motifs is 8. The van der Waals surface area contributed by atoms with Crippen LogP contribution in [0.3, 0.4) is 0 Å². The third kappa shape index (κ3) is 7.87. The zero-order chi connectivity index (χ0) is 47.8. The van der Waals surface area contributed by atoms with E-state index in [2.05, 4.69) is 253 Å². The van der Waals surface area contributed by atoms with Gasteiger partial charge in [0.15, 0.2) is 0 Å². The van der Waals surface area contributed by atoms with Crippen molar-refractivity contribution in [2.45, 2.75) is 0 Å². The molecule has 0 radical (unpaired) electrons. The fraction of sp³-hybridized carbons (Fsp3) is 0. The van der Waals surface area contributed by atoms with E-state index < -0.39 is 0 Å². The molecule has 0 spiro atoms. The highest BCUT2D eigenvalue weighted by Crippen LogP contribution is 2.41. The van der Waals surface area contributed by atoms with E-state index in [1.54, 1.807) is 0 Å². The lowest BCUT2D eigenvalue weighted by Crippen LogP contribution is -1.95. The van der Waals surface area contributed by atoms with E-state index >= 15 is 0 Å². The average Bonchev–Trinajstić information content (AvgIpc) is 3.47. The van der Waals surface area contributed by atoms with Crippen LogP contribution in [0.25, 0.3) is 132 Å². The molecule has 0 bridgehead atoms. The van der Waals surface area contributed by atoms with Crippen molar-refractivity contribution in [2.24, 2.45) is 0 Å².